The van der Waals surface area contributed by atoms with Gasteiger partial charge in [0, 0.05) is 30.7 Å². The van der Waals surface area contributed by atoms with Crippen LogP contribution in [0.25, 0.3) is 0 Å². The highest BCUT2D eigenvalue weighted by Crippen LogP contribution is 2.31. The minimum absolute atomic E-state index is 0.0382. The van der Waals surface area contributed by atoms with E-state index >= 15 is 0 Å². The van der Waals surface area contributed by atoms with E-state index in [0.29, 0.717) is 24.5 Å². The van der Waals surface area contributed by atoms with Gasteiger partial charge in [-0.15, -0.1) is 0 Å². The molecule has 1 aliphatic heterocycles. The molecular formula is C18H22N2O4. The van der Waals surface area contributed by atoms with E-state index in [0.717, 1.165) is 18.5 Å². The number of nitrogens with zero attached hydrogens (tertiary/aromatic N) is 1. The highest BCUT2D eigenvalue weighted by molar-refractivity contribution is 6.01. The summed E-state index contributed by atoms with van der Waals surface area (Å²) in [6.45, 7) is 0.559. The van der Waals surface area contributed by atoms with E-state index in [-0.39, 0.29) is 17.7 Å². The van der Waals surface area contributed by atoms with Crippen molar-refractivity contribution in [3.63, 3.8) is 0 Å². The van der Waals surface area contributed by atoms with Crippen LogP contribution in [-0.4, -0.2) is 38.6 Å². The molecule has 1 aliphatic carbocycles. The van der Waals surface area contributed by atoms with Gasteiger partial charge in [0.25, 0.3) is 0 Å². The Balaban J connectivity index is 1.70. The van der Waals surface area contributed by atoms with Gasteiger partial charge < -0.3 is 19.7 Å². The van der Waals surface area contributed by atoms with Gasteiger partial charge in [-0.05, 0) is 19.3 Å². The molecule has 1 aromatic rings. The van der Waals surface area contributed by atoms with E-state index in [1.54, 1.807) is 37.3 Å². The van der Waals surface area contributed by atoms with Gasteiger partial charge in [0.15, 0.2) is 0 Å². The Morgan fingerprint density at radius 2 is 1.75 bits per heavy atom. The minimum atomic E-state index is -0.463. The molecule has 0 aromatic heterocycles. The highest BCUT2D eigenvalue weighted by Gasteiger charge is 2.35. The molecule has 0 bridgehead atoms. The van der Waals surface area contributed by atoms with E-state index in [1.807, 2.05) is 12.2 Å². The fourth-order valence-corrected chi connectivity index (χ4v) is 3.14. The molecule has 0 saturated carbocycles. The van der Waals surface area contributed by atoms with Crippen molar-refractivity contribution < 1.29 is 19.1 Å². The number of allylic oxidation sites excluding steroid dienone is 2. The zero-order valence-electron chi connectivity index (χ0n) is 14.0. The zero-order chi connectivity index (χ0) is 17.1. The predicted molar refractivity (Wildman–Crippen MR) is 90.3 cm³/mol. The summed E-state index contributed by atoms with van der Waals surface area (Å²) in [7, 11) is 3.14. The van der Waals surface area contributed by atoms with Crippen LogP contribution in [0.15, 0.2) is 30.4 Å². The summed E-state index contributed by atoms with van der Waals surface area (Å²) in [6, 6.07) is 4.89. The van der Waals surface area contributed by atoms with Crippen LogP contribution in [0, 0.1) is 5.92 Å². The lowest BCUT2D eigenvalue weighted by Gasteiger charge is -2.19. The smallest absolute Gasteiger partial charge is 0.249 e. The number of ether oxygens (including phenoxy) is 2. The summed E-state index contributed by atoms with van der Waals surface area (Å²) in [5.41, 5.74) is 0.718. The molecule has 2 amide bonds. The average Bonchev–Trinajstić information content (AvgIpc) is 3.25. The standard InChI is InChI=1S/C18H22N2O4/c1-23-14-9-13(10-15(11-14)24-2)20-8-7-16(18(20)22)19-17(21)12-5-3-4-6-12/h3-4,9-12,16H,5-8H2,1-2H3,(H,19,21)/t16-/m0/s1. The SMILES string of the molecule is COc1cc(OC)cc(N2CC[C@H](NC(=O)C3CC=CC3)C2=O)c1. The lowest BCUT2D eigenvalue weighted by atomic mass is 10.1. The Morgan fingerprint density at radius 1 is 1.12 bits per heavy atom. The van der Waals surface area contributed by atoms with Crippen molar-refractivity contribution in [3.8, 4) is 11.5 Å². The highest BCUT2D eigenvalue weighted by atomic mass is 16.5. The second kappa shape index (κ2) is 6.95. The number of benzene rings is 1. The van der Waals surface area contributed by atoms with E-state index in [9.17, 15) is 9.59 Å². The van der Waals surface area contributed by atoms with Crippen LogP contribution in [0.4, 0.5) is 5.69 Å². The number of carbonyl (C=O) groups is 2. The van der Waals surface area contributed by atoms with E-state index < -0.39 is 6.04 Å². The quantitative estimate of drug-likeness (QED) is 0.837. The topological polar surface area (TPSA) is 67.9 Å². The Bertz CT molecular complexity index is 641. The molecule has 0 radical (unpaired) electrons. The van der Waals surface area contributed by atoms with Crippen LogP contribution in [-0.2, 0) is 9.59 Å². The summed E-state index contributed by atoms with van der Waals surface area (Å²) >= 11 is 0. The number of hydrogen-bond donors (Lipinski definition) is 1. The summed E-state index contributed by atoms with van der Waals surface area (Å²) < 4.78 is 10.5. The molecule has 3 rings (SSSR count). The van der Waals surface area contributed by atoms with Crippen molar-refractivity contribution in [1.82, 2.24) is 5.32 Å². The fourth-order valence-electron chi connectivity index (χ4n) is 3.14. The molecule has 1 saturated heterocycles. The lowest BCUT2D eigenvalue weighted by molar-refractivity contribution is -0.128. The molecule has 6 heteroatoms. The number of hydrogen-bond acceptors (Lipinski definition) is 4. The van der Waals surface area contributed by atoms with Gasteiger partial charge in [-0.2, -0.15) is 0 Å². The summed E-state index contributed by atoms with van der Waals surface area (Å²) in [6.07, 6.45) is 6.13. The van der Waals surface area contributed by atoms with Crippen LogP contribution >= 0.6 is 0 Å². The molecule has 0 unspecified atom stereocenters. The molecule has 1 atom stereocenters. The summed E-state index contributed by atoms with van der Waals surface area (Å²) in [4.78, 5) is 26.6. The van der Waals surface area contributed by atoms with Gasteiger partial charge in [0.2, 0.25) is 11.8 Å². The molecule has 1 N–H and O–H groups in total. The van der Waals surface area contributed by atoms with Crippen molar-refractivity contribution in [2.24, 2.45) is 5.92 Å². The third-order valence-electron chi connectivity index (χ3n) is 4.55. The monoisotopic (exact) mass is 330 g/mol. The zero-order valence-corrected chi connectivity index (χ0v) is 14.0. The minimum Gasteiger partial charge on any atom is -0.497 e. The number of amides is 2. The van der Waals surface area contributed by atoms with Crippen LogP contribution in [0.3, 0.4) is 0 Å². The predicted octanol–water partition coefficient (Wildman–Crippen LogP) is 1.89. The molecule has 1 aromatic carbocycles. The van der Waals surface area contributed by atoms with Crippen molar-refractivity contribution in [2.45, 2.75) is 25.3 Å². The molecular weight excluding hydrogens is 308 g/mol. The van der Waals surface area contributed by atoms with Crippen LogP contribution in [0.2, 0.25) is 0 Å². The number of rotatable bonds is 5. The Kier molecular flexibility index (Phi) is 4.74. The normalized spacial score (nSPS) is 20.5. The van der Waals surface area contributed by atoms with E-state index in [1.165, 1.54) is 0 Å². The van der Waals surface area contributed by atoms with Crippen molar-refractivity contribution in [2.75, 3.05) is 25.7 Å². The molecule has 6 nitrogen and oxygen atoms in total. The maximum Gasteiger partial charge on any atom is 0.249 e. The Hall–Kier alpha value is -2.50. The van der Waals surface area contributed by atoms with Crippen molar-refractivity contribution in [1.29, 1.82) is 0 Å². The van der Waals surface area contributed by atoms with Crippen molar-refractivity contribution >= 4 is 17.5 Å². The first kappa shape index (κ1) is 16.4. The van der Waals surface area contributed by atoms with Crippen LogP contribution in [0.5, 0.6) is 11.5 Å². The van der Waals surface area contributed by atoms with Crippen LogP contribution < -0.4 is 19.7 Å². The molecule has 128 valence electrons. The fraction of sp³-hybridized carbons (Fsp3) is 0.444. The Morgan fingerprint density at radius 3 is 2.33 bits per heavy atom. The molecule has 24 heavy (non-hydrogen) atoms. The van der Waals surface area contributed by atoms with Gasteiger partial charge in [-0.3, -0.25) is 9.59 Å². The van der Waals surface area contributed by atoms with Crippen molar-refractivity contribution in [3.05, 3.63) is 30.4 Å². The van der Waals surface area contributed by atoms with Gasteiger partial charge in [-0.25, -0.2) is 0 Å². The molecule has 2 aliphatic rings. The largest absolute Gasteiger partial charge is 0.497 e. The number of anilines is 1. The summed E-state index contributed by atoms with van der Waals surface area (Å²) in [5.74, 6) is 1.08. The lowest BCUT2D eigenvalue weighted by Crippen LogP contribution is -2.43. The van der Waals surface area contributed by atoms with Gasteiger partial charge in [0.05, 0.1) is 19.9 Å². The number of nitrogens with one attached hydrogen (secondary N) is 1. The molecule has 1 fully saturated rings. The second-order valence-electron chi connectivity index (χ2n) is 6.05. The maximum absolute atomic E-state index is 12.7. The van der Waals surface area contributed by atoms with Crippen LogP contribution in [0.1, 0.15) is 19.3 Å². The molecule has 0 spiro atoms. The van der Waals surface area contributed by atoms with E-state index in [2.05, 4.69) is 5.32 Å². The first-order valence-electron chi connectivity index (χ1n) is 8.12. The Labute approximate surface area is 141 Å². The molecule has 1 heterocycles. The third kappa shape index (κ3) is 3.22. The van der Waals surface area contributed by atoms with Gasteiger partial charge >= 0.3 is 0 Å². The maximum atomic E-state index is 12.7. The van der Waals surface area contributed by atoms with Gasteiger partial charge in [0.1, 0.15) is 17.5 Å². The first-order valence-corrected chi connectivity index (χ1v) is 8.12. The average molecular weight is 330 g/mol. The third-order valence-corrected chi connectivity index (χ3v) is 4.55. The summed E-state index contributed by atoms with van der Waals surface area (Å²) in [5, 5.41) is 2.89. The number of methoxy groups -OCH3 is 2. The van der Waals surface area contributed by atoms with E-state index in [4.69, 9.17) is 9.47 Å². The first-order chi connectivity index (χ1) is 11.6. The number of carbonyl (C=O) groups excluding carboxylic acids is 2. The van der Waals surface area contributed by atoms with Gasteiger partial charge in [-0.1, -0.05) is 12.2 Å². The second-order valence-corrected chi connectivity index (χ2v) is 6.05.